The highest BCUT2D eigenvalue weighted by atomic mass is 16.5. The molecule has 2 rings (SSSR count). The highest BCUT2D eigenvalue weighted by Gasteiger charge is 2.22. The van der Waals surface area contributed by atoms with E-state index in [-0.39, 0.29) is 6.04 Å². The fraction of sp³-hybridized carbons (Fsp3) is 0.647. The van der Waals surface area contributed by atoms with Crippen LogP contribution in [-0.2, 0) is 0 Å². The van der Waals surface area contributed by atoms with E-state index in [9.17, 15) is 0 Å². The van der Waals surface area contributed by atoms with E-state index in [1.54, 1.807) is 0 Å². The van der Waals surface area contributed by atoms with Gasteiger partial charge in [-0.1, -0.05) is 25.5 Å². The Hall–Kier alpha value is -1.02. The molecular weight excluding hydrogens is 234 g/mol. The van der Waals surface area contributed by atoms with Crippen molar-refractivity contribution in [3.63, 3.8) is 0 Å². The molecule has 0 aliphatic heterocycles. The SMILES string of the molecule is CCC1CCC(Oc2cc(C)ccc2[C@H](C)N)CC1. The van der Waals surface area contributed by atoms with Crippen molar-refractivity contribution in [3.05, 3.63) is 29.3 Å². The highest BCUT2D eigenvalue weighted by molar-refractivity contribution is 5.39. The molecule has 1 aromatic carbocycles. The van der Waals surface area contributed by atoms with Crippen molar-refractivity contribution in [2.45, 2.75) is 65.0 Å². The molecule has 2 nitrogen and oxygen atoms in total. The third-order valence-corrected chi connectivity index (χ3v) is 4.32. The van der Waals surface area contributed by atoms with E-state index in [0.717, 1.165) is 17.2 Å². The zero-order chi connectivity index (χ0) is 13.8. The van der Waals surface area contributed by atoms with Gasteiger partial charge in [0, 0.05) is 11.6 Å². The summed E-state index contributed by atoms with van der Waals surface area (Å²) < 4.78 is 6.24. The van der Waals surface area contributed by atoms with E-state index in [2.05, 4.69) is 32.0 Å². The topological polar surface area (TPSA) is 35.2 Å². The maximum atomic E-state index is 6.24. The van der Waals surface area contributed by atoms with Gasteiger partial charge in [-0.05, 0) is 57.1 Å². The van der Waals surface area contributed by atoms with Gasteiger partial charge in [-0.2, -0.15) is 0 Å². The Balaban J connectivity index is 2.04. The minimum atomic E-state index is 0.0302. The Labute approximate surface area is 117 Å². The molecule has 106 valence electrons. The first kappa shape index (κ1) is 14.4. The van der Waals surface area contributed by atoms with Crippen LogP contribution in [0.3, 0.4) is 0 Å². The monoisotopic (exact) mass is 261 g/mol. The summed E-state index contributed by atoms with van der Waals surface area (Å²) in [7, 11) is 0. The van der Waals surface area contributed by atoms with Gasteiger partial charge in [0.15, 0.2) is 0 Å². The van der Waals surface area contributed by atoms with Crippen LogP contribution >= 0.6 is 0 Å². The molecule has 0 radical (unpaired) electrons. The summed E-state index contributed by atoms with van der Waals surface area (Å²) in [4.78, 5) is 0. The van der Waals surface area contributed by atoms with Crippen molar-refractivity contribution < 1.29 is 4.74 Å². The molecule has 1 saturated carbocycles. The number of aryl methyl sites for hydroxylation is 1. The predicted octanol–water partition coefficient (Wildman–Crippen LogP) is 4.36. The van der Waals surface area contributed by atoms with Crippen molar-refractivity contribution in [1.82, 2.24) is 0 Å². The van der Waals surface area contributed by atoms with Crippen molar-refractivity contribution in [2.75, 3.05) is 0 Å². The Kier molecular flexibility index (Phi) is 4.87. The standard InChI is InChI=1S/C17H27NO/c1-4-14-6-8-15(9-7-14)19-17-11-12(2)5-10-16(17)13(3)18/h5,10-11,13-15H,4,6-9,18H2,1-3H3/t13-,14?,15?/m0/s1. The molecular formula is C17H27NO. The van der Waals surface area contributed by atoms with Gasteiger partial charge in [0.2, 0.25) is 0 Å². The molecule has 19 heavy (non-hydrogen) atoms. The summed E-state index contributed by atoms with van der Waals surface area (Å²) in [5, 5.41) is 0. The predicted molar refractivity (Wildman–Crippen MR) is 80.4 cm³/mol. The highest BCUT2D eigenvalue weighted by Crippen LogP contribution is 2.32. The third kappa shape index (κ3) is 3.73. The summed E-state index contributed by atoms with van der Waals surface area (Å²) in [6, 6.07) is 6.37. The zero-order valence-corrected chi connectivity index (χ0v) is 12.5. The van der Waals surface area contributed by atoms with Crippen LogP contribution in [0.25, 0.3) is 0 Å². The maximum Gasteiger partial charge on any atom is 0.124 e. The van der Waals surface area contributed by atoms with Crippen molar-refractivity contribution in [3.8, 4) is 5.75 Å². The lowest BCUT2D eigenvalue weighted by Gasteiger charge is -2.29. The molecule has 0 amide bonds. The molecule has 1 aliphatic carbocycles. The van der Waals surface area contributed by atoms with Gasteiger partial charge >= 0.3 is 0 Å². The molecule has 0 aromatic heterocycles. The van der Waals surface area contributed by atoms with Crippen LogP contribution in [0.1, 0.15) is 63.1 Å². The van der Waals surface area contributed by atoms with Gasteiger partial charge < -0.3 is 10.5 Å². The maximum absolute atomic E-state index is 6.24. The van der Waals surface area contributed by atoms with Crippen LogP contribution in [0.2, 0.25) is 0 Å². The second-order valence-corrected chi connectivity index (χ2v) is 6.00. The van der Waals surface area contributed by atoms with Gasteiger partial charge in [-0.15, -0.1) is 0 Å². The fourth-order valence-electron chi connectivity index (χ4n) is 2.96. The first-order valence-corrected chi connectivity index (χ1v) is 7.63. The molecule has 1 atom stereocenters. The van der Waals surface area contributed by atoms with Crippen LogP contribution < -0.4 is 10.5 Å². The van der Waals surface area contributed by atoms with E-state index < -0.39 is 0 Å². The third-order valence-electron chi connectivity index (χ3n) is 4.32. The van der Waals surface area contributed by atoms with E-state index in [0.29, 0.717) is 6.10 Å². The van der Waals surface area contributed by atoms with Gasteiger partial charge in [-0.3, -0.25) is 0 Å². The number of ether oxygens (including phenoxy) is 1. The summed E-state index contributed by atoms with van der Waals surface area (Å²) in [6.07, 6.45) is 6.67. The Bertz CT molecular complexity index is 406. The average Bonchev–Trinajstić information content (AvgIpc) is 2.39. The van der Waals surface area contributed by atoms with Crippen LogP contribution in [0, 0.1) is 12.8 Å². The normalized spacial score (nSPS) is 25.1. The van der Waals surface area contributed by atoms with Crippen LogP contribution in [0.15, 0.2) is 18.2 Å². The molecule has 2 heteroatoms. The fourth-order valence-corrected chi connectivity index (χ4v) is 2.96. The Morgan fingerprint density at radius 2 is 1.95 bits per heavy atom. The van der Waals surface area contributed by atoms with Gasteiger partial charge in [0.05, 0.1) is 6.10 Å². The zero-order valence-electron chi connectivity index (χ0n) is 12.5. The lowest BCUT2D eigenvalue weighted by Crippen LogP contribution is -2.24. The van der Waals surface area contributed by atoms with Crippen LogP contribution in [0.4, 0.5) is 0 Å². The summed E-state index contributed by atoms with van der Waals surface area (Å²) in [5.74, 6) is 1.90. The Morgan fingerprint density at radius 3 is 2.53 bits per heavy atom. The van der Waals surface area contributed by atoms with Gasteiger partial charge in [0.25, 0.3) is 0 Å². The Morgan fingerprint density at radius 1 is 1.26 bits per heavy atom. The number of hydrogen-bond acceptors (Lipinski definition) is 2. The molecule has 1 aromatic rings. The van der Waals surface area contributed by atoms with Crippen molar-refractivity contribution in [1.29, 1.82) is 0 Å². The van der Waals surface area contributed by atoms with Crippen molar-refractivity contribution in [2.24, 2.45) is 11.7 Å². The van der Waals surface area contributed by atoms with Gasteiger partial charge in [0.1, 0.15) is 5.75 Å². The smallest absolute Gasteiger partial charge is 0.124 e. The van der Waals surface area contributed by atoms with Crippen LogP contribution in [-0.4, -0.2) is 6.10 Å². The van der Waals surface area contributed by atoms with E-state index >= 15 is 0 Å². The first-order chi connectivity index (χ1) is 9.10. The van der Waals surface area contributed by atoms with E-state index in [1.807, 2.05) is 6.92 Å². The molecule has 1 fully saturated rings. The minimum absolute atomic E-state index is 0.0302. The van der Waals surface area contributed by atoms with Crippen LogP contribution in [0.5, 0.6) is 5.75 Å². The molecule has 1 aliphatic rings. The first-order valence-electron chi connectivity index (χ1n) is 7.63. The summed E-state index contributed by atoms with van der Waals surface area (Å²) in [6.45, 7) is 6.41. The quantitative estimate of drug-likeness (QED) is 0.874. The second kappa shape index (κ2) is 6.42. The summed E-state index contributed by atoms with van der Waals surface area (Å²) in [5.41, 5.74) is 8.40. The number of nitrogens with two attached hydrogens (primary N) is 1. The van der Waals surface area contributed by atoms with E-state index in [4.69, 9.17) is 10.5 Å². The van der Waals surface area contributed by atoms with Crippen molar-refractivity contribution >= 4 is 0 Å². The summed E-state index contributed by atoms with van der Waals surface area (Å²) >= 11 is 0. The molecule has 0 spiro atoms. The number of benzene rings is 1. The lowest BCUT2D eigenvalue weighted by atomic mass is 9.86. The average molecular weight is 261 g/mol. The second-order valence-electron chi connectivity index (χ2n) is 6.00. The van der Waals surface area contributed by atoms with E-state index in [1.165, 1.54) is 37.7 Å². The molecule has 0 heterocycles. The molecule has 0 unspecified atom stereocenters. The van der Waals surface area contributed by atoms with Gasteiger partial charge in [-0.25, -0.2) is 0 Å². The molecule has 0 saturated heterocycles. The largest absolute Gasteiger partial charge is 0.490 e. The lowest BCUT2D eigenvalue weighted by molar-refractivity contribution is 0.128. The minimum Gasteiger partial charge on any atom is -0.490 e. The molecule has 0 bridgehead atoms. The number of rotatable bonds is 4. The number of hydrogen-bond donors (Lipinski definition) is 1. The molecule has 2 N–H and O–H groups in total.